The average Bonchev–Trinajstić information content (AvgIpc) is 2.29. The van der Waals surface area contributed by atoms with Crippen LogP contribution in [0.1, 0.15) is 51.0 Å². The van der Waals surface area contributed by atoms with E-state index in [9.17, 15) is 0 Å². The van der Waals surface area contributed by atoms with Crippen LogP contribution in [0.4, 0.5) is 0 Å². The standard InChI is InChI=1S/C16H25N/c1-3-15(13-9-6-5-7-10-13)16(17-4-2)14-11-8-12-14/h5-7,9-10,14-17H,3-4,8,11-12H2,1-2H3. The molecule has 1 aromatic carbocycles. The Kier molecular flexibility index (Phi) is 4.61. The third kappa shape index (κ3) is 2.90. The van der Waals surface area contributed by atoms with Gasteiger partial charge in [0.1, 0.15) is 0 Å². The molecule has 1 saturated carbocycles. The summed E-state index contributed by atoms with van der Waals surface area (Å²) in [6.45, 7) is 5.63. The molecule has 2 rings (SSSR count). The van der Waals surface area contributed by atoms with Crippen LogP contribution < -0.4 is 5.32 Å². The molecular formula is C16H25N. The molecule has 0 spiro atoms. The second-order valence-corrected chi connectivity index (χ2v) is 5.20. The van der Waals surface area contributed by atoms with E-state index in [1.165, 1.54) is 31.2 Å². The molecule has 1 fully saturated rings. The van der Waals surface area contributed by atoms with Crippen LogP contribution in [0.3, 0.4) is 0 Å². The van der Waals surface area contributed by atoms with E-state index in [0.29, 0.717) is 12.0 Å². The first-order valence-electron chi connectivity index (χ1n) is 7.15. The summed E-state index contributed by atoms with van der Waals surface area (Å²) in [7, 11) is 0. The van der Waals surface area contributed by atoms with Crippen LogP contribution in [-0.4, -0.2) is 12.6 Å². The summed E-state index contributed by atoms with van der Waals surface area (Å²) in [6.07, 6.45) is 5.50. The highest BCUT2D eigenvalue weighted by Gasteiger charge is 2.32. The molecule has 1 aliphatic carbocycles. The maximum Gasteiger partial charge on any atom is 0.0164 e. The molecule has 1 heteroatoms. The molecule has 0 amide bonds. The van der Waals surface area contributed by atoms with Gasteiger partial charge in [-0.2, -0.15) is 0 Å². The van der Waals surface area contributed by atoms with E-state index >= 15 is 0 Å². The molecule has 0 saturated heterocycles. The fourth-order valence-corrected chi connectivity index (χ4v) is 3.07. The van der Waals surface area contributed by atoms with Crippen LogP contribution in [0.2, 0.25) is 0 Å². The zero-order valence-corrected chi connectivity index (χ0v) is 11.2. The predicted molar refractivity (Wildman–Crippen MR) is 74.3 cm³/mol. The molecule has 0 radical (unpaired) electrons. The Hall–Kier alpha value is -0.820. The zero-order chi connectivity index (χ0) is 12.1. The summed E-state index contributed by atoms with van der Waals surface area (Å²) in [4.78, 5) is 0. The second kappa shape index (κ2) is 6.20. The molecular weight excluding hydrogens is 206 g/mol. The lowest BCUT2D eigenvalue weighted by atomic mass is 9.72. The van der Waals surface area contributed by atoms with Gasteiger partial charge in [0.25, 0.3) is 0 Å². The van der Waals surface area contributed by atoms with Crippen molar-refractivity contribution in [1.29, 1.82) is 0 Å². The number of nitrogens with one attached hydrogen (secondary N) is 1. The topological polar surface area (TPSA) is 12.0 Å². The fourth-order valence-electron chi connectivity index (χ4n) is 3.07. The lowest BCUT2D eigenvalue weighted by Crippen LogP contribution is -2.43. The molecule has 1 nitrogen and oxygen atoms in total. The SMILES string of the molecule is CCNC(C1CCC1)C(CC)c1ccccc1. The minimum absolute atomic E-state index is 0.682. The van der Waals surface area contributed by atoms with Crippen molar-refractivity contribution in [3.8, 4) is 0 Å². The summed E-state index contributed by atoms with van der Waals surface area (Å²) in [6, 6.07) is 11.7. The highest BCUT2D eigenvalue weighted by molar-refractivity contribution is 5.22. The zero-order valence-electron chi connectivity index (χ0n) is 11.2. The molecule has 1 aliphatic rings. The van der Waals surface area contributed by atoms with E-state index < -0.39 is 0 Å². The van der Waals surface area contributed by atoms with Gasteiger partial charge in [-0.1, -0.05) is 50.6 Å². The van der Waals surface area contributed by atoms with Gasteiger partial charge in [0.05, 0.1) is 0 Å². The summed E-state index contributed by atoms with van der Waals surface area (Å²) >= 11 is 0. The van der Waals surface area contributed by atoms with Crippen LogP contribution in [0, 0.1) is 5.92 Å². The Balaban J connectivity index is 2.13. The van der Waals surface area contributed by atoms with Crippen LogP contribution in [0.15, 0.2) is 30.3 Å². The Morgan fingerprint density at radius 2 is 1.88 bits per heavy atom. The van der Waals surface area contributed by atoms with Gasteiger partial charge in [0, 0.05) is 6.04 Å². The summed E-state index contributed by atoms with van der Waals surface area (Å²) in [5.74, 6) is 1.58. The Morgan fingerprint density at radius 1 is 1.18 bits per heavy atom. The quantitative estimate of drug-likeness (QED) is 0.781. The van der Waals surface area contributed by atoms with Crippen molar-refractivity contribution < 1.29 is 0 Å². The van der Waals surface area contributed by atoms with E-state index in [4.69, 9.17) is 0 Å². The van der Waals surface area contributed by atoms with Crippen molar-refractivity contribution in [2.75, 3.05) is 6.54 Å². The normalized spacial score (nSPS) is 19.6. The number of likely N-dealkylation sites (N-methyl/N-ethyl adjacent to an activating group) is 1. The molecule has 0 aliphatic heterocycles. The molecule has 0 aromatic heterocycles. The van der Waals surface area contributed by atoms with Gasteiger partial charge in [0.15, 0.2) is 0 Å². The Bertz CT molecular complexity index is 316. The molecule has 1 aromatic rings. The van der Waals surface area contributed by atoms with Gasteiger partial charge >= 0.3 is 0 Å². The van der Waals surface area contributed by atoms with Crippen molar-refractivity contribution in [3.05, 3.63) is 35.9 Å². The number of benzene rings is 1. The highest BCUT2D eigenvalue weighted by atomic mass is 14.9. The van der Waals surface area contributed by atoms with Gasteiger partial charge in [-0.05, 0) is 43.2 Å². The van der Waals surface area contributed by atoms with Crippen molar-refractivity contribution in [2.24, 2.45) is 5.92 Å². The first kappa shape index (κ1) is 12.6. The van der Waals surface area contributed by atoms with Crippen molar-refractivity contribution in [3.63, 3.8) is 0 Å². The first-order valence-corrected chi connectivity index (χ1v) is 7.15. The average molecular weight is 231 g/mol. The molecule has 0 heterocycles. The third-order valence-corrected chi connectivity index (χ3v) is 4.20. The molecule has 2 unspecified atom stereocenters. The van der Waals surface area contributed by atoms with Crippen molar-refractivity contribution >= 4 is 0 Å². The summed E-state index contributed by atoms with van der Waals surface area (Å²) in [5.41, 5.74) is 1.51. The molecule has 0 bridgehead atoms. The number of hydrogen-bond acceptors (Lipinski definition) is 1. The smallest absolute Gasteiger partial charge is 0.0164 e. The van der Waals surface area contributed by atoms with Crippen molar-refractivity contribution in [1.82, 2.24) is 5.32 Å². The third-order valence-electron chi connectivity index (χ3n) is 4.20. The maximum atomic E-state index is 3.73. The summed E-state index contributed by atoms with van der Waals surface area (Å²) < 4.78 is 0. The van der Waals surface area contributed by atoms with Gasteiger partial charge in [-0.15, -0.1) is 0 Å². The van der Waals surface area contributed by atoms with Gasteiger partial charge in [-0.3, -0.25) is 0 Å². The van der Waals surface area contributed by atoms with E-state index in [0.717, 1.165) is 12.5 Å². The number of hydrogen-bond donors (Lipinski definition) is 1. The monoisotopic (exact) mass is 231 g/mol. The van der Waals surface area contributed by atoms with E-state index in [1.54, 1.807) is 0 Å². The predicted octanol–water partition coefficient (Wildman–Crippen LogP) is 3.96. The summed E-state index contributed by atoms with van der Waals surface area (Å²) in [5, 5.41) is 3.73. The van der Waals surface area contributed by atoms with Gasteiger partial charge < -0.3 is 5.32 Å². The van der Waals surface area contributed by atoms with E-state index in [1.807, 2.05) is 0 Å². The lowest BCUT2D eigenvalue weighted by Gasteiger charge is -2.39. The Morgan fingerprint density at radius 3 is 2.35 bits per heavy atom. The maximum absolute atomic E-state index is 3.73. The lowest BCUT2D eigenvalue weighted by molar-refractivity contribution is 0.202. The van der Waals surface area contributed by atoms with E-state index in [-0.39, 0.29) is 0 Å². The van der Waals surface area contributed by atoms with Gasteiger partial charge in [-0.25, -0.2) is 0 Å². The highest BCUT2D eigenvalue weighted by Crippen LogP contribution is 2.37. The molecule has 1 N–H and O–H groups in total. The van der Waals surface area contributed by atoms with Crippen molar-refractivity contribution in [2.45, 2.75) is 51.5 Å². The largest absolute Gasteiger partial charge is 0.313 e. The minimum atomic E-state index is 0.682. The van der Waals surface area contributed by atoms with Gasteiger partial charge in [0.2, 0.25) is 0 Å². The Labute approximate surface area is 106 Å². The van der Waals surface area contributed by atoms with E-state index in [2.05, 4.69) is 49.5 Å². The van der Waals surface area contributed by atoms with Crippen LogP contribution in [-0.2, 0) is 0 Å². The molecule has 17 heavy (non-hydrogen) atoms. The molecule has 2 atom stereocenters. The fraction of sp³-hybridized carbons (Fsp3) is 0.625. The van der Waals surface area contributed by atoms with Crippen LogP contribution in [0.25, 0.3) is 0 Å². The first-order chi connectivity index (χ1) is 8.36. The van der Waals surface area contributed by atoms with Crippen LogP contribution in [0.5, 0.6) is 0 Å². The minimum Gasteiger partial charge on any atom is -0.313 e. The number of rotatable bonds is 6. The van der Waals surface area contributed by atoms with Crippen LogP contribution >= 0.6 is 0 Å². The molecule has 94 valence electrons. The second-order valence-electron chi connectivity index (χ2n) is 5.20.